The van der Waals surface area contributed by atoms with Crippen LogP contribution in [0.2, 0.25) is 0 Å². The van der Waals surface area contributed by atoms with Gasteiger partial charge in [0.05, 0.1) is 0 Å². The second kappa shape index (κ2) is 14.7. The molecule has 0 radical (unpaired) electrons. The molecule has 15 heavy (non-hydrogen) atoms. The van der Waals surface area contributed by atoms with E-state index in [0.717, 1.165) is 19.3 Å². The molecule has 0 aliphatic heterocycles. The van der Waals surface area contributed by atoms with E-state index in [1.165, 1.54) is 19.3 Å². The van der Waals surface area contributed by atoms with E-state index >= 15 is 0 Å². The molecule has 0 aromatic heterocycles. The minimum absolute atomic E-state index is 0. The Morgan fingerprint density at radius 3 is 1.87 bits per heavy atom. The molecule has 0 amide bonds. The van der Waals surface area contributed by atoms with Crippen LogP contribution in [0.5, 0.6) is 0 Å². The monoisotopic (exact) mass is 281 g/mol. The van der Waals surface area contributed by atoms with E-state index in [1.54, 1.807) is 0 Å². The molecule has 0 heterocycles. The maximum absolute atomic E-state index is 7.27. The molecule has 2 rings (SSSR count). The van der Waals surface area contributed by atoms with E-state index < -0.39 is 0 Å². The molecule has 0 spiro atoms. The molecule has 84 valence electrons. The summed E-state index contributed by atoms with van der Waals surface area (Å²) in [6.45, 7) is 0. The van der Waals surface area contributed by atoms with Crippen LogP contribution in [0.15, 0.2) is 18.2 Å². The van der Waals surface area contributed by atoms with Crippen LogP contribution in [0.3, 0.4) is 0 Å². The fourth-order valence-corrected chi connectivity index (χ4v) is 1.44. The molecule has 0 unspecified atom stereocenters. The molecule has 1 saturated carbocycles. The van der Waals surface area contributed by atoms with Gasteiger partial charge in [0.15, 0.2) is 0 Å². The predicted octanol–water partition coefficient (Wildman–Crippen LogP) is -2.32. The van der Waals surface area contributed by atoms with Gasteiger partial charge in [0.25, 0.3) is 0 Å². The van der Waals surface area contributed by atoms with Crippen molar-refractivity contribution in [2.75, 3.05) is 0 Å². The van der Waals surface area contributed by atoms with Crippen molar-refractivity contribution in [1.82, 2.24) is 0 Å². The van der Waals surface area contributed by atoms with Gasteiger partial charge < -0.3 is 30.5 Å². The molecular weight excluding hydrogens is 265 g/mol. The molecule has 0 bridgehead atoms. The number of hydrogen-bond acceptors (Lipinski definition) is 0. The topological polar surface area (TPSA) is 23.8 Å². The van der Waals surface area contributed by atoms with Gasteiger partial charge in [-0.1, -0.05) is 32.1 Å². The van der Waals surface area contributed by atoms with Crippen molar-refractivity contribution in [2.24, 2.45) is 0 Å². The number of rotatable bonds is 0. The van der Waals surface area contributed by atoms with E-state index in [-0.39, 0.29) is 52.6 Å². The van der Waals surface area contributed by atoms with Gasteiger partial charge in [0.2, 0.25) is 0 Å². The minimum atomic E-state index is 0. The first kappa shape index (κ1) is 21.1. The maximum atomic E-state index is 7.27. The summed E-state index contributed by atoms with van der Waals surface area (Å²) in [5.74, 6) is 0. The zero-order chi connectivity index (χ0) is 8.65. The van der Waals surface area contributed by atoms with Gasteiger partial charge >= 0.3 is 21.7 Å². The summed E-state index contributed by atoms with van der Waals surface area (Å²) < 4.78 is 0. The fourth-order valence-electron chi connectivity index (χ4n) is 1.44. The molecule has 2 aliphatic rings. The third-order valence-electron chi connectivity index (χ3n) is 2.19. The first-order valence-corrected chi connectivity index (χ1v) is 4.82. The average Bonchev–Trinajstić information content (AvgIpc) is 2.62. The molecule has 1 nitrogen and oxygen atoms in total. The third kappa shape index (κ3) is 12.7. The van der Waals surface area contributed by atoms with Gasteiger partial charge in [0, 0.05) is 0 Å². The molecule has 0 aromatic carbocycles. The van der Waals surface area contributed by atoms with Crippen molar-refractivity contribution in [3.8, 4) is 0 Å². The first-order chi connectivity index (χ1) is 5.89. The predicted molar refractivity (Wildman–Crippen MR) is 52.8 cm³/mol. The van der Waals surface area contributed by atoms with Gasteiger partial charge in [-0.3, -0.25) is 6.08 Å². The second-order valence-corrected chi connectivity index (χ2v) is 3.34. The van der Waals surface area contributed by atoms with Crippen molar-refractivity contribution >= 4 is 0 Å². The Labute approximate surface area is 121 Å². The van der Waals surface area contributed by atoms with Crippen LogP contribution < -0.4 is 24.8 Å². The fraction of sp³-hybridized carbons (Fsp3) is 0.636. The summed E-state index contributed by atoms with van der Waals surface area (Å²) in [4.78, 5) is 0. The van der Waals surface area contributed by atoms with Crippen molar-refractivity contribution in [1.29, 1.82) is 0 Å². The summed E-state index contributed by atoms with van der Waals surface area (Å²) in [6, 6.07) is 0.286. The third-order valence-corrected chi connectivity index (χ3v) is 2.19. The van der Waals surface area contributed by atoms with Crippen molar-refractivity contribution < 1.29 is 46.5 Å². The number of hydrogen-bond donors (Lipinski definition) is 0. The first-order valence-electron chi connectivity index (χ1n) is 4.82. The Balaban J connectivity index is -0.000000165. The van der Waals surface area contributed by atoms with Crippen LogP contribution in [0.4, 0.5) is 0 Å². The van der Waals surface area contributed by atoms with Gasteiger partial charge in [0.1, 0.15) is 0 Å². The smallest absolute Gasteiger partial charge is 1.00 e. The molecule has 0 aromatic rings. The van der Waals surface area contributed by atoms with E-state index in [1.807, 2.05) is 12.2 Å². The van der Waals surface area contributed by atoms with Gasteiger partial charge in [-0.15, -0.1) is 12.5 Å². The Morgan fingerprint density at radius 1 is 1.07 bits per heavy atom. The quantitative estimate of drug-likeness (QED) is 0.352. The zero-order valence-electron chi connectivity index (χ0n) is 8.81. The number of nitrogens with one attached hydrogen (secondary N) is 1. The molecule has 1 N–H and O–H groups in total. The SMILES string of the molecule is [C-]1=CC=CC1.[Cl-].[Cl-].[NH-]C1CCCCC1.[Ti+4]. The Bertz CT molecular complexity index is 156. The molecule has 1 fully saturated rings. The normalized spacial score (nSPS) is 17.7. The summed E-state index contributed by atoms with van der Waals surface area (Å²) in [5, 5.41) is 0. The van der Waals surface area contributed by atoms with Crippen molar-refractivity contribution in [2.45, 2.75) is 44.6 Å². The molecule has 4 heteroatoms. The minimum Gasteiger partial charge on any atom is -1.00 e. The van der Waals surface area contributed by atoms with E-state index in [2.05, 4.69) is 12.2 Å². The Kier molecular flexibility index (Phi) is 20.7. The maximum Gasteiger partial charge on any atom is 4.00 e. The number of halogens is 2. The van der Waals surface area contributed by atoms with Crippen LogP contribution in [0, 0.1) is 6.08 Å². The Morgan fingerprint density at radius 2 is 1.67 bits per heavy atom. The summed E-state index contributed by atoms with van der Waals surface area (Å²) in [6.07, 6.45) is 16.3. The summed E-state index contributed by atoms with van der Waals surface area (Å²) in [5.41, 5.74) is 7.27. The molecule has 0 atom stereocenters. The molecule has 0 saturated heterocycles. The van der Waals surface area contributed by atoms with Crippen LogP contribution in [-0.2, 0) is 21.7 Å². The van der Waals surface area contributed by atoms with E-state index in [9.17, 15) is 0 Å². The van der Waals surface area contributed by atoms with Gasteiger partial charge in [-0.25, -0.2) is 12.2 Å². The molecule has 2 aliphatic carbocycles. The standard InChI is InChI=1S/C6H12N.C5H5.2ClH.Ti/c7-6-4-2-1-3-5-6;1-2-4-5-3-1;;;/h6-7H,1-5H2;1-3H,4H2;2*1H;/q2*-1;;;+4/p-2. The Hall–Kier alpha value is 0.734. The number of allylic oxidation sites excluding steroid dienone is 4. The zero-order valence-corrected chi connectivity index (χ0v) is 11.9. The summed E-state index contributed by atoms with van der Waals surface area (Å²) in [7, 11) is 0. The summed E-state index contributed by atoms with van der Waals surface area (Å²) >= 11 is 0. The van der Waals surface area contributed by atoms with Crippen LogP contribution >= 0.6 is 0 Å². The van der Waals surface area contributed by atoms with E-state index in [4.69, 9.17) is 5.73 Å². The van der Waals surface area contributed by atoms with Crippen molar-refractivity contribution in [3.63, 3.8) is 0 Å². The largest absolute Gasteiger partial charge is 4.00 e. The van der Waals surface area contributed by atoms with Crippen LogP contribution in [0.25, 0.3) is 5.73 Å². The molecular formula is C11H17Cl2NTi. The van der Waals surface area contributed by atoms with Crippen molar-refractivity contribution in [3.05, 3.63) is 30.0 Å². The van der Waals surface area contributed by atoms with Crippen LogP contribution in [0.1, 0.15) is 38.5 Å². The second-order valence-electron chi connectivity index (χ2n) is 3.34. The van der Waals surface area contributed by atoms with Gasteiger partial charge in [-0.2, -0.15) is 6.08 Å². The van der Waals surface area contributed by atoms with E-state index in [0.29, 0.717) is 0 Å². The van der Waals surface area contributed by atoms with Gasteiger partial charge in [-0.05, 0) is 0 Å². The van der Waals surface area contributed by atoms with Crippen LogP contribution in [-0.4, -0.2) is 6.04 Å². The average molecular weight is 282 g/mol.